The molecule has 2 aromatic rings. The van der Waals surface area contributed by atoms with Crippen molar-refractivity contribution in [3.05, 3.63) is 47.7 Å². The fourth-order valence-electron chi connectivity index (χ4n) is 2.00. The summed E-state index contributed by atoms with van der Waals surface area (Å²) in [7, 11) is 4.72. The minimum absolute atomic E-state index is 0.363. The minimum Gasteiger partial charge on any atom is -0.497 e. The fraction of sp³-hybridized carbons (Fsp3) is 0.286. The van der Waals surface area contributed by atoms with E-state index in [0.717, 1.165) is 0 Å². The highest BCUT2D eigenvalue weighted by molar-refractivity contribution is 5.37. The van der Waals surface area contributed by atoms with Crippen LogP contribution in [0, 0.1) is 5.82 Å². The maximum Gasteiger partial charge on any atom is 0.237 e. The molecule has 0 fully saturated rings. The van der Waals surface area contributed by atoms with E-state index in [-0.39, 0.29) is 5.82 Å². The Hall–Kier alpha value is -2.21. The molecule has 1 aromatic carbocycles. The largest absolute Gasteiger partial charge is 0.497 e. The van der Waals surface area contributed by atoms with E-state index < -0.39 is 6.04 Å². The molecule has 1 aromatic heterocycles. The smallest absolute Gasteiger partial charge is 0.237 e. The zero-order chi connectivity index (χ0) is 14.5. The van der Waals surface area contributed by atoms with Crippen molar-refractivity contribution in [3.63, 3.8) is 0 Å². The standard InChI is InChI=1S/C14H16FN3O2/c1-16-12(13-14(20-3)18-7-6-17-13)10-5-4-9(19-2)8-11(10)15/h4-8,12,16H,1-3H3. The second-order valence-corrected chi connectivity index (χ2v) is 4.06. The van der Waals surface area contributed by atoms with E-state index in [4.69, 9.17) is 9.47 Å². The maximum absolute atomic E-state index is 14.2. The molecule has 1 unspecified atom stereocenters. The van der Waals surface area contributed by atoms with Crippen molar-refractivity contribution < 1.29 is 13.9 Å². The molecule has 2 rings (SSSR count). The number of rotatable bonds is 5. The van der Waals surface area contributed by atoms with Gasteiger partial charge in [0.15, 0.2) is 0 Å². The second kappa shape index (κ2) is 6.29. The van der Waals surface area contributed by atoms with Crippen LogP contribution in [0.3, 0.4) is 0 Å². The van der Waals surface area contributed by atoms with Crippen molar-refractivity contribution in [1.82, 2.24) is 15.3 Å². The number of nitrogens with zero attached hydrogens (tertiary/aromatic N) is 2. The topological polar surface area (TPSA) is 56.3 Å². The van der Waals surface area contributed by atoms with E-state index in [1.807, 2.05) is 0 Å². The third-order valence-corrected chi connectivity index (χ3v) is 2.97. The molecule has 0 spiro atoms. The Morgan fingerprint density at radius 3 is 2.50 bits per heavy atom. The van der Waals surface area contributed by atoms with Gasteiger partial charge in [0.25, 0.3) is 0 Å². The van der Waals surface area contributed by atoms with Gasteiger partial charge in [0.1, 0.15) is 17.3 Å². The average Bonchev–Trinajstić information content (AvgIpc) is 2.50. The van der Waals surface area contributed by atoms with E-state index >= 15 is 0 Å². The van der Waals surface area contributed by atoms with Crippen molar-refractivity contribution in [2.24, 2.45) is 0 Å². The highest BCUT2D eigenvalue weighted by atomic mass is 19.1. The third-order valence-electron chi connectivity index (χ3n) is 2.97. The summed E-state index contributed by atoms with van der Waals surface area (Å²) in [6, 6.07) is 4.24. The molecule has 5 nitrogen and oxygen atoms in total. The number of nitrogens with one attached hydrogen (secondary N) is 1. The first-order valence-electron chi connectivity index (χ1n) is 6.06. The molecule has 1 N–H and O–H groups in total. The van der Waals surface area contributed by atoms with Gasteiger partial charge in [-0.3, -0.25) is 4.98 Å². The molecule has 0 aliphatic heterocycles. The van der Waals surface area contributed by atoms with Gasteiger partial charge in [-0.15, -0.1) is 0 Å². The summed E-state index contributed by atoms with van der Waals surface area (Å²) in [6.07, 6.45) is 3.07. The number of aromatic nitrogens is 2. The van der Waals surface area contributed by atoms with Gasteiger partial charge in [0.05, 0.1) is 20.3 Å². The average molecular weight is 277 g/mol. The van der Waals surface area contributed by atoms with Crippen LogP contribution >= 0.6 is 0 Å². The molecular formula is C14H16FN3O2. The molecule has 0 bridgehead atoms. The monoisotopic (exact) mass is 277 g/mol. The van der Waals surface area contributed by atoms with Gasteiger partial charge >= 0.3 is 0 Å². The van der Waals surface area contributed by atoms with E-state index in [1.54, 1.807) is 25.4 Å². The Kier molecular flexibility index (Phi) is 4.47. The van der Waals surface area contributed by atoms with Crippen molar-refractivity contribution in [2.75, 3.05) is 21.3 Å². The zero-order valence-corrected chi connectivity index (χ0v) is 11.6. The predicted molar refractivity (Wildman–Crippen MR) is 72.4 cm³/mol. The summed E-state index contributed by atoms with van der Waals surface area (Å²) in [4.78, 5) is 8.32. The Labute approximate surface area is 116 Å². The number of halogens is 1. The number of hydrogen-bond donors (Lipinski definition) is 1. The van der Waals surface area contributed by atoms with Crippen LogP contribution in [0.4, 0.5) is 4.39 Å². The Balaban J connectivity index is 2.47. The molecular weight excluding hydrogens is 261 g/mol. The highest BCUT2D eigenvalue weighted by Crippen LogP contribution is 2.29. The van der Waals surface area contributed by atoms with Crippen LogP contribution in [0.2, 0.25) is 0 Å². The van der Waals surface area contributed by atoms with Gasteiger partial charge in [-0.25, -0.2) is 9.37 Å². The van der Waals surface area contributed by atoms with Crippen LogP contribution in [0.5, 0.6) is 11.6 Å². The fourth-order valence-corrected chi connectivity index (χ4v) is 2.00. The molecule has 20 heavy (non-hydrogen) atoms. The van der Waals surface area contributed by atoms with Gasteiger partial charge < -0.3 is 14.8 Å². The normalized spacial score (nSPS) is 12.0. The summed E-state index contributed by atoms with van der Waals surface area (Å²) in [5, 5.41) is 3.02. The van der Waals surface area contributed by atoms with Gasteiger partial charge in [-0.1, -0.05) is 6.07 Å². The Morgan fingerprint density at radius 2 is 1.90 bits per heavy atom. The molecule has 0 saturated carbocycles. The number of benzene rings is 1. The molecule has 0 aliphatic carbocycles. The van der Waals surface area contributed by atoms with Crippen LogP contribution in [-0.4, -0.2) is 31.2 Å². The Morgan fingerprint density at radius 1 is 1.15 bits per heavy atom. The van der Waals surface area contributed by atoms with Gasteiger partial charge in [-0.05, 0) is 13.1 Å². The van der Waals surface area contributed by atoms with Crippen LogP contribution in [-0.2, 0) is 0 Å². The number of hydrogen-bond acceptors (Lipinski definition) is 5. The van der Waals surface area contributed by atoms with Crippen molar-refractivity contribution in [2.45, 2.75) is 6.04 Å². The first-order valence-corrected chi connectivity index (χ1v) is 6.06. The van der Waals surface area contributed by atoms with Gasteiger partial charge in [0, 0.05) is 24.0 Å². The van der Waals surface area contributed by atoms with Crippen LogP contribution in [0.1, 0.15) is 17.3 Å². The third kappa shape index (κ3) is 2.70. The minimum atomic E-state index is -0.454. The van der Waals surface area contributed by atoms with Crippen molar-refractivity contribution in [1.29, 1.82) is 0 Å². The van der Waals surface area contributed by atoms with Crippen molar-refractivity contribution in [3.8, 4) is 11.6 Å². The van der Waals surface area contributed by atoms with Gasteiger partial charge in [-0.2, -0.15) is 0 Å². The molecule has 1 heterocycles. The van der Waals surface area contributed by atoms with Crippen LogP contribution in [0.15, 0.2) is 30.6 Å². The zero-order valence-electron chi connectivity index (χ0n) is 11.6. The van der Waals surface area contributed by atoms with Crippen molar-refractivity contribution >= 4 is 0 Å². The number of ether oxygens (including phenoxy) is 2. The lowest BCUT2D eigenvalue weighted by atomic mass is 10.0. The summed E-state index contributed by atoms with van der Waals surface area (Å²) in [5.74, 6) is 0.450. The lowest BCUT2D eigenvalue weighted by molar-refractivity contribution is 0.383. The molecule has 1 atom stereocenters. The molecule has 0 aliphatic rings. The van der Waals surface area contributed by atoms with Crippen LogP contribution < -0.4 is 14.8 Å². The summed E-state index contributed by atoms with van der Waals surface area (Å²) in [6.45, 7) is 0. The van der Waals surface area contributed by atoms with E-state index in [1.165, 1.54) is 26.5 Å². The van der Waals surface area contributed by atoms with Gasteiger partial charge in [0.2, 0.25) is 5.88 Å². The SMILES string of the molecule is CNC(c1ccc(OC)cc1F)c1nccnc1OC. The van der Waals surface area contributed by atoms with E-state index in [0.29, 0.717) is 22.9 Å². The molecule has 0 amide bonds. The molecule has 0 radical (unpaired) electrons. The molecule has 0 saturated heterocycles. The summed E-state index contributed by atoms with van der Waals surface area (Å²) in [5.41, 5.74) is 0.980. The predicted octanol–water partition coefficient (Wildman–Crippen LogP) is 1.94. The number of methoxy groups -OCH3 is 2. The lowest BCUT2D eigenvalue weighted by Gasteiger charge is -2.18. The highest BCUT2D eigenvalue weighted by Gasteiger charge is 2.22. The first kappa shape index (κ1) is 14.2. The van der Waals surface area contributed by atoms with E-state index in [9.17, 15) is 4.39 Å². The second-order valence-electron chi connectivity index (χ2n) is 4.06. The quantitative estimate of drug-likeness (QED) is 0.905. The van der Waals surface area contributed by atoms with E-state index in [2.05, 4.69) is 15.3 Å². The summed E-state index contributed by atoms with van der Waals surface area (Å²) >= 11 is 0. The first-order chi connectivity index (χ1) is 9.71. The maximum atomic E-state index is 14.2. The molecule has 6 heteroatoms. The lowest BCUT2D eigenvalue weighted by Crippen LogP contribution is -2.21. The van der Waals surface area contributed by atoms with Crippen LogP contribution in [0.25, 0.3) is 0 Å². The summed E-state index contributed by atoms with van der Waals surface area (Å²) < 4.78 is 24.4. The molecule has 106 valence electrons. The Bertz CT molecular complexity index is 592.